The number of ether oxygens (including phenoxy) is 3. The lowest BCUT2D eigenvalue weighted by atomic mass is 9.98. The van der Waals surface area contributed by atoms with Crippen LogP contribution < -0.4 is 14.2 Å². The number of fused-ring (bicyclic) bond motifs is 1. The van der Waals surface area contributed by atoms with Crippen LogP contribution in [0.4, 0.5) is 0 Å². The van der Waals surface area contributed by atoms with Crippen LogP contribution in [0.2, 0.25) is 0 Å². The van der Waals surface area contributed by atoms with Crippen molar-refractivity contribution < 1.29 is 19.0 Å². The van der Waals surface area contributed by atoms with Gasteiger partial charge in [-0.05, 0) is 48.2 Å². The van der Waals surface area contributed by atoms with E-state index in [0.717, 1.165) is 18.4 Å². The molecule has 1 aliphatic rings. The standard InChI is InChI=1S/C25H27NO4/c1-16(20-11-7-9-17-8-5-6-10-21(17)20)26(19-12-13-19)25(27)18-14-22(28-2)24(30-4)23(15-18)29-3/h5-11,14-16,19H,12-13H2,1-4H3/t16-/m1/s1. The molecular weight excluding hydrogens is 378 g/mol. The Morgan fingerprint density at radius 1 is 0.933 bits per heavy atom. The summed E-state index contributed by atoms with van der Waals surface area (Å²) in [5, 5.41) is 2.36. The van der Waals surface area contributed by atoms with Gasteiger partial charge in [0.1, 0.15) is 0 Å². The molecule has 30 heavy (non-hydrogen) atoms. The minimum atomic E-state index is -0.0600. The largest absolute Gasteiger partial charge is 0.493 e. The second-order valence-corrected chi connectivity index (χ2v) is 7.60. The number of benzene rings is 3. The number of hydrogen-bond donors (Lipinski definition) is 0. The lowest BCUT2D eigenvalue weighted by Gasteiger charge is -2.31. The van der Waals surface area contributed by atoms with Crippen molar-refractivity contribution in [1.29, 1.82) is 0 Å². The van der Waals surface area contributed by atoms with E-state index in [0.29, 0.717) is 22.8 Å². The Labute approximate surface area is 177 Å². The molecule has 0 bridgehead atoms. The molecule has 0 radical (unpaired) electrons. The Kier molecular flexibility index (Phi) is 5.53. The lowest BCUT2D eigenvalue weighted by Crippen LogP contribution is -2.35. The maximum atomic E-state index is 13.7. The highest BCUT2D eigenvalue weighted by atomic mass is 16.5. The Hall–Kier alpha value is -3.21. The van der Waals surface area contributed by atoms with Crippen molar-refractivity contribution in [1.82, 2.24) is 4.90 Å². The molecule has 156 valence electrons. The molecule has 1 amide bonds. The molecule has 0 aromatic heterocycles. The van der Waals surface area contributed by atoms with Crippen molar-refractivity contribution in [2.24, 2.45) is 0 Å². The molecule has 0 N–H and O–H groups in total. The van der Waals surface area contributed by atoms with Gasteiger partial charge in [0.2, 0.25) is 5.75 Å². The van der Waals surface area contributed by atoms with E-state index in [2.05, 4.69) is 37.3 Å². The Morgan fingerprint density at radius 3 is 2.17 bits per heavy atom. The summed E-state index contributed by atoms with van der Waals surface area (Å²) in [6, 6.07) is 18.2. The number of amides is 1. The molecule has 0 saturated heterocycles. The second kappa shape index (κ2) is 8.27. The van der Waals surface area contributed by atoms with Crippen LogP contribution in [0.1, 0.15) is 41.7 Å². The average molecular weight is 405 g/mol. The molecule has 5 nitrogen and oxygen atoms in total. The van der Waals surface area contributed by atoms with Crippen molar-refractivity contribution in [2.75, 3.05) is 21.3 Å². The molecule has 0 unspecified atom stereocenters. The zero-order valence-electron chi connectivity index (χ0n) is 17.8. The first-order chi connectivity index (χ1) is 14.6. The summed E-state index contributed by atoms with van der Waals surface area (Å²) in [7, 11) is 4.67. The van der Waals surface area contributed by atoms with E-state index in [1.807, 2.05) is 17.0 Å². The third-order valence-electron chi connectivity index (χ3n) is 5.78. The molecule has 3 aromatic carbocycles. The fourth-order valence-corrected chi connectivity index (χ4v) is 4.13. The number of rotatable bonds is 7. The van der Waals surface area contributed by atoms with Gasteiger partial charge in [0.25, 0.3) is 5.91 Å². The fraction of sp³-hybridized carbons (Fsp3) is 0.320. The van der Waals surface area contributed by atoms with Crippen LogP contribution in [0.15, 0.2) is 54.6 Å². The summed E-state index contributed by atoms with van der Waals surface area (Å²) in [4.78, 5) is 15.7. The Morgan fingerprint density at radius 2 is 1.57 bits per heavy atom. The molecule has 0 aliphatic heterocycles. The van der Waals surface area contributed by atoms with Crippen molar-refractivity contribution in [3.05, 3.63) is 65.7 Å². The summed E-state index contributed by atoms with van der Waals surface area (Å²) < 4.78 is 16.3. The number of carbonyl (C=O) groups is 1. The first-order valence-corrected chi connectivity index (χ1v) is 10.2. The topological polar surface area (TPSA) is 48.0 Å². The number of carbonyl (C=O) groups excluding carboxylic acids is 1. The zero-order valence-corrected chi connectivity index (χ0v) is 17.8. The minimum Gasteiger partial charge on any atom is -0.493 e. The Bertz CT molecular complexity index is 1040. The summed E-state index contributed by atoms with van der Waals surface area (Å²) in [6.07, 6.45) is 2.04. The molecule has 1 saturated carbocycles. The van der Waals surface area contributed by atoms with E-state index in [1.54, 1.807) is 33.5 Å². The van der Waals surface area contributed by atoms with E-state index in [4.69, 9.17) is 14.2 Å². The van der Waals surface area contributed by atoms with Crippen molar-refractivity contribution in [3.8, 4) is 17.2 Å². The highest BCUT2D eigenvalue weighted by Crippen LogP contribution is 2.41. The fourth-order valence-electron chi connectivity index (χ4n) is 4.13. The third-order valence-corrected chi connectivity index (χ3v) is 5.78. The zero-order chi connectivity index (χ0) is 21.3. The molecule has 1 aliphatic carbocycles. The van der Waals surface area contributed by atoms with E-state index in [1.165, 1.54) is 10.8 Å². The SMILES string of the molecule is COc1cc(C(=O)N(C2CC2)[C@H](C)c2cccc3ccccc23)cc(OC)c1OC. The van der Waals surface area contributed by atoms with Gasteiger partial charge in [0, 0.05) is 11.6 Å². The molecule has 1 fully saturated rings. The van der Waals surface area contributed by atoms with Gasteiger partial charge in [-0.2, -0.15) is 0 Å². The van der Waals surface area contributed by atoms with Gasteiger partial charge in [0.15, 0.2) is 11.5 Å². The molecular formula is C25H27NO4. The maximum Gasteiger partial charge on any atom is 0.254 e. The quantitative estimate of drug-likeness (QED) is 0.540. The highest BCUT2D eigenvalue weighted by molar-refractivity contribution is 5.97. The summed E-state index contributed by atoms with van der Waals surface area (Å²) >= 11 is 0. The number of nitrogens with zero attached hydrogens (tertiary/aromatic N) is 1. The number of hydrogen-bond acceptors (Lipinski definition) is 4. The first kappa shape index (κ1) is 20.1. The van der Waals surface area contributed by atoms with E-state index in [-0.39, 0.29) is 18.0 Å². The first-order valence-electron chi connectivity index (χ1n) is 10.2. The predicted molar refractivity (Wildman–Crippen MR) is 118 cm³/mol. The van der Waals surface area contributed by atoms with E-state index < -0.39 is 0 Å². The summed E-state index contributed by atoms with van der Waals surface area (Å²) in [5.74, 6) is 1.41. The van der Waals surface area contributed by atoms with Crippen LogP contribution in [0.5, 0.6) is 17.2 Å². The van der Waals surface area contributed by atoms with Crippen molar-refractivity contribution in [3.63, 3.8) is 0 Å². The highest BCUT2D eigenvalue weighted by Gasteiger charge is 2.37. The molecule has 4 rings (SSSR count). The van der Waals surface area contributed by atoms with Crippen LogP contribution in [-0.4, -0.2) is 38.2 Å². The van der Waals surface area contributed by atoms with Gasteiger partial charge < -0.3 is 19.1 Å². The van der Waals surface area contributed by atoms with Gasteiger partial charge >= 0.3 is 0 Å². The molecule has 0 heterocycles. The van der Waals surface area contributed by atoms with Gasteiger partial charge in [0.05, 0.1) is 27.4 Å². The van der Waals surface area contributed by atoms with Crippen LogP contribution in [0.25, 0.3) is 10.8 Å². The van der Waals surface area contributed by atoms with Gasteiger partial charge in [-0.1, -0.05) is 42.5 Å². The normalized spacial score (nSPS) is 14.3. The van der Waals surface area contributed by atoms with Crippen LogP contribution in [0.3, 0.4) is 0 Å². The summed E-state index contributed by atoms with van der Waals surface area (Å²) in [5.41, 5.74) is 1.68. The van der Waals surface area contributed by atoms with E-state index in [9.17, 15) is 4.79 Å². The minimum absolute atomic E-state index is 0.0304. The molecule has 0 spiro atoms. The second-order valence-electron chi connectivity index (χ2n) is 7.60. The Balaban J connectivity index is 1.76. The lowest BCUT2D eigenvalue weighted by molar-refractivity contribution is 0.0674. The van der Waals surface area contributed by atoms with Gasteiger partial charge in [-0.15, -0.1) is 0 Å². The smallest absolute Gasteiger partial charge is 0.254 e. The average Bonchev–Trinajstić information content (AvgIpc) is 3.62. The van der Waals surface area contributed by atoms with Crippen LogP contribution in [0, 0.1) is 0 Å². The third kappa shape index (κ3) is 3.56. The van der Waals surface area contributed by atoms with Crippen LogP contribution in [-0.2, 0) is 0 Å². The molecule has 5 heteroatoms. The maximum absolute atomic E-state index is 13.7. The monoisotopic (exact) mass is 405 g/mol. The van der Waals surface area contributed by atoms with Crippen molar-refractivity contribution in [2.45, 2.75) is 31.8 Å². The summed E-state index contributed by atoms with van der Waals surface area (Å²) in [6.45, 7) is 2.11. The molecule has 3 aromatic rings. The number of methoxy groups -OCH3 is 3. The van der Waals surface area contributed by atoms with Crippen LogP contribution >= 0.6 is 0 Å². The predicted octanol–water partition coefficient (Wildman–Crippen LogP) is 5.23. The van der Waals surface area contributed by atoms with E-state index >= 15 is 0 Å². The molecule has 1 atom stereocenters. The van der Waals surface area contributed by atoms with Gasteiger partial charge in [-0.25, -0.2) is 0 Å². The van der Waals surface area contributed by atoms with Crippen molar-refractivity contribution >= 4 is 16.7 Å². The van der Waals surface area contributed by atoms with Gasteiger partial charge in [-0.3, -0.25) is 4.79 Å².